The summed E-state index contributed by atoms with van der Waals surface area (Å²) in [7, 11) is -3.16. The maximum absolute atomic E-state index is 11.5. The van der Waals surface area contributed by atoms with Gasteiger partial charge < -0.3 is 0 Å². The average molecular weight is 277 g/mol. The molecule has 1 N–H and O–H groups in total. The SMILES string of the molecule is O=S(=O)(Nc1ccnc(Br)c1)C1CC1. The molecule has 0 saturated heterocycles. The minimum absolute atomic E-state index is 0.200. The molecule has 0 spiro atoms. The molecular weight excluding hydrogens is 268 g/mol. The van der Waals surface area contributed by atoms with Gasteiger partial charge in [-0.1, -0.05) is 0 Å². The highest BCUT2D eigenvalue weighted by Crippen LogP contribution is 2.29. The highest BCUT2D eigenvalue weighted by molar-refractivity contribution is 9.10. The Morgan fingerprint density at radius 1 is 1.50 bits per heavy atom. The first-order valence-electron chi connectivity index (χ1n) is 4.21. The van der Waals surface area contributed by atoms with Crippen LogP contribution in [0.25, 0.3) is 0 Å². The van der Waals surface area contributed by atoms with Gasteiger partial charge in [0.1, 0.15) is 4.60 Å². The van der Waals surface area contributed by atoms with Crippen LogP contribution in [0, 0.1) is 0 Å². The summed E-state index contributed by atoms with van der Waals surface area (Å²) in [5.74, 6) is 0. The Kier molecular flexibility index (Phi) is 2.48. The molecule has 1 aliphatic rings. The van der Waals surface area contributed by atoms with E-state index >= 15 is 0 Å². The van der Waals surface area contributed by atoms with Gasteiger partial charge in [-0.3, -0.25) is 4.72 Å². The van der Waals surface area contributed by atoms with Crippen LogP contribution in [-0.4, -0.2) is 18.7 Å². The quantitative estimate of drug-likeness (QED) is 0.856. The fourth-order valence-corrected chi connectivity index (χ4v) is 2.84. The van der Waals surface area contributed by atoms with Gasteiger partial charge in [0, 0.05) is 6.20 Å². The van der Waals surface area contributed by atoms with Gasteiger partial charge >= 0.3 is 0 Å². The summed E-state index contributed by atoms with van der Waals surface area (Å²) in [5.41, 5.74) is 0.554. The van der Waals surface area contributed by atoms with Crippen LogP contribution < -0.4 is 4.72 Å². The summed E-state index contributed by atoms with van der Waals surface area (Å²) in [6.45, 7) is 0. The zero-order valence-electron chi connectivity index (χ0n) is 7.27. The van der Waals surface area contributed by atoms with Crippen LogP contribution in [0.3, 0.4) is 0 Å². The third-order valence-corrected chi connectivity index (χ3v) is 4.25. The fourth-order valence-electron chi connectivity index (χ4n) is 1.09. The molecular formula is C8H9BrN2O2S. The van der Waals surface area contributed by atoms with Crippen LogP contribution in [-0.2, 0) is 10.0 Å². The van der Waals surface area contributed by atoms with Crippen molar-refractivity contribution in [2.45, 2.75) is 18.1 Å². The Balaban J connectivity index is 2.18. The van der Waals surface area contributed by atoms with Crippen LogP contribution in [0.15, 0.2) is 22.9 Å². The first kappa shape index (κ1) is 9.92. The van der Waals surface area contributed by atoms with E-state index in [4.69, 9.17) is 0 Å². The van der Waals surface area contributed by atoms with Gasteiger partial charge in [-0.15, -0.1) is 0 Å². The molecule has 1 fully saturated rings. The van der Waals surface area contributed by atoms with Gasteiger partial charge in [0.05, 0.1) is 10.9 Å². The van der Waals surface area contributed by atoms with E-state index in [0.29, 0.717) is 10.3 Å². The van der Waals surface area contributed by atoms with Gasteiger partial charge in [0.15, 0.2) is 0 Å². The Hall–Kier alpha value is -0.620. The predicted octanol–water partition coefficient (Wildman–Crippen LogP) is 1.75. The Labute approximate surface area is 90.9 Å². The lowest BCUT2D eigenvalue weighted by Crippen LogP contribution is -2.17. The fraction of sp³-hybridized carbons (Fsp3) is 0.375. The predicted molar refractivity (Wildman–Crippen MR) is 57.5 cm³/mol. The molecule has 0 unspecified atom stereocenters. The number of aromatic nitrogens is 1. The third kappa shape index (κ3) is 2.24. The second-order valence-corrected chi connectivity index (χ2v) is 5.99. The molecule has 1 saturated carbocycles. The van der Waals surface area contributed by atoms with Crippen LogP contribution in [0.1, 0.15) is 12.8 Å². The Morgan fingerprint density at radius 2 is 2.21 bits per heavy atom. The van der Waals surface area contributed by atoms with E-state index in [1.807, 2.05) is 0 Å². The number of hydrogen-bond acceptors (Lipinski definition) is 3. The first-order chi connectivity index (χ1) is 6.58. The smallest absolute Gasteiger partial charge is 0.235 e. The van der Waals surface area contributed by atoms with Crippen molar-refractivity contribution in [2.75, 3.05) is 4.72 Å². The van der Waals surface area contributed by atoms with E-state index in [1.165, 1.54) is 0 Å². The van der Waals surface area contributed by atoms with Crippen molar-refractivity contribution in [3.05, 3.63) is 22.9 Å². The van der Waals surface area contributed by atoms with E-state index in [2.05, 4.69) is 25.6 Å². The molecule has 1 aromatic rings. The minimum atomic E-state index is -3.16. The molecule has 76 valence electrons. The molecule has 0 aromatic carbocycles. The lowest BCUT2D eigenvalue weighted by Gasteiger charge is -2.06. The van der Waals surface area contributed by atoms with Gasteiger partial charge in [-0.05, 0) is 40.9 Å². The molecule has 0 radical (unpaired) electrons. The Morgan fingerprint density at radius 3 is 2.79 bits per heavy atom. The number of halogens is 1. The summed E-state index contributed by atoms with van der Waals surface area (Å²) < 4.78 is 26.2. The standard InChI is InChI=1S/C8H9BrN2O2S/c9-8-5-6(3-4-10-8)11-14(12,13)7-1-2-7/h3-5,7H,1-2H2,(H,10,11). The number of nitrogens with one attached hydrogen (secondary N) is 1. The summed E-state index contributed by atoms with van der Waals surface area (Å²) in [6, 6.07) is 3.27. The van der Waals surface area contributed by atoms with Gasteiger partial charge in [0.25, 0.3) is 0 Å². The summed E-state index contributed by atoms with van der Waals surface area (Å²) in [5, 5.41) is -0.200. The average Bonchev–Trinajstić information content (AvgIpc) is 2.84. The van der Waals surface area contributed by atoms with Crippen molar-refractivity contribution in [3.63, 3.8) is 0 Å². The molecule has 1 heterocycles. The van der Waals surface area contributed by atoms with Crippen LogP contribution in [0.4, 0.5) is 5.69 Å². The van der Waals surface area contributed by atoms with E-state index in [-0.39, 0.29) is 5.25 Å². The number of rotatable bonds is 3. The molecule has 14 heavy (non-hydrogen) atoms. The van der Waals surface area contributed by atoms with Crippen molar-refractivity contribution in [1.29, 1.82) is 0 Å². The molecule has 0 aliphatic heterocycles. The van der Waals surface area contributed by atoms with E-state index in [9.17, 15) is 8.42 Å². The minimum Gasteiger partial charge on any atom is -0.283 e. The largest absolute Gasteiger partial charge is 0.283 e. The zero-order chi connectivity index (χ0) is 10.2. The second-order valence-electron chi connectivity index (χ2n) is 3.21. The molecule has 4 nitrogen and oxygen atoms in total. The highest BCUT2D eigenvalue weighted by Gasteiger charge is 2.35. The monoisotopic (exact) mass is 276 g/mol. The number of sulfonamides is 1. The van der Waals surface area contributed by atoms with Gasteiger partial charge in [0.2, 0.25) is 10.0 Å². The Bertz CT molecular complexity index is 442. The summed E-state index contributed by atoms with van der Waals surface area (Å²) >= 11 is 3.18. The normalized spacial score (nSPS) is 16.6. The topological polar surface area (TPSA) is 59.1 Å². The molecule has 0 amide bonds. The maximum Gasteiger partial charge on any atom is 0.235 e. The lowest BCUT2D eigenvalue weighted by molar-refractivity contribution is 0.600. The number of anilines is 1. The van der Waals surface area contributed by atoms with Crippen LogP contribution >= 0.6 is 15.9 Å². The molecule has 1 aromatic heterocycles. The molecule has 2 rings (SSSR count). The number of hydrogen-bond donors (Lipinski definition) is 1. The third-order valence-electron chi connectivity index (χ3n) is 1.95. The lowest BCUT2D eigenvalue weighted by atomic mass is 10.4. The highest BCUT2D eigenvalue weighted by atomic mass is 79.9. The van der Waals surface area contributed by atoms with Gasteiger partial charge in [-0.25, -0.2) is 13.4 Å². The maximum atomic E-state index is 11.5. The van der Waals surface area contributed by atoms with Crippen molar-refractivity contribution < 1.29 is 8.42 Å². The summed E-state index contributed by atoms with van der Waals surface area (Å²) in [6.07, 6.45) is 3.08. The molecule has 6 heteroatoms. The van der Waals surface area contributed by atoms with Crippen molar-refractivity contribution in [3.8, 4) is 0 Å². The summed E-state index contributed by atoms with van der Waals surface area (Å²) in [4.78, 5) is 3.91. The zero-order valence-corrected chi connectivity index (χ0v) is 9.68. The van der Waals surface area contributed by atoms with Crippen LogP contribution in [0.5, 0.6) is 0 Å². The van der Waals surface area contributed by atoms with Crippen molar-refractivity contribution in [1.82, 2.24) is 4.98 Å². The van der Waals surface area contributed by atoms with Crippen LogP contribution in [0.2, 0.25) is 0 Å². The van der Waals surface area contributed by atoms with Gasteiger partial charge in [-0.2, -0.15) is 0 Å². The van der Waals surface area contributed by atoms with E-state index in [0.717, 1.165) is 12.8 Å². The number of nitrogens with zero attached hydrogens (tertiary/aromatic N) is 1. The number of pyridine rings is 1. The molecule has 0 atom stereocenters. The van der Waals surface area contributed by atoms with Crippen molar-refractivity contribution in [2.24, 2.45) is 0 Å². The van der Waals surface area contributed by atoms with E-state index < -0.39 is 10.0 Å². The first-order valence-corrected chi connectivity index (χ1v) is 6.55. The van der Waals surface area contributed by atoms with Crippen molar-refractivity contribution >= 4 is 31.6 Å². The van der Waals surface area contributed by atoms with E-state index in [1.54, 1.807) is 18.3 Å². The second kappa shape index (κ2) is 3.51. The molecule has 1 aliphatic carbocycles. The molecule has 0 bridgehead atoms.